The molecule has 0 saturated carbocycles. The average Bonchev–Trinajstić information content (AvgIpc) is 2.86. The minimum absolute atomic E-state index is 0.0114. The van der Waals surface area contributed by atoms with Gasteiger partial charge in [0.2, 0.25) is 0 Å². The summed E-state index contributed by atoms with van der Waals surface area (Å²) < 4.78 is 42.6. The minimum atomic E-state index is -4.37. The van der Waals surface area contributed by atoms with Gasteiger partial charge in [-0.3, -0.25) is 0 Å². The molecule has 0 bridgehead atoms. The molecule has 0 aliphatic rings. The van der Waals surface area contributed by atoms with Crippen LogP contribution in [0.15, 0.2) is 52.5 Å². The molecule has 0 radical (unpaired) electrons. The van der Waals surface area contributed by atoms with Crippen molar-refractivity contribution in [3.05, 3.63) is 48.7 Å². The van der Waals surface area contributed by atoms with E-state index in [1.807, 2.05) is 0 Å². The molecule has 4 nitrogen and oxygen atoms in total. The maximum atomic E-state index is 12.4. The Hall–Kier alpha value is -2.57. The Morgan fingerprint density at radius 1 is 1.30 bits per heavy atom. The van der Waals surface area contributed by atoms with Crippen molar-refractivity contribution < 1.29 is 17.6 Å². The largest absolute Gasteiger partial charge is 0.422 e. The Morgan fingerprint density at radius 2 is 1.95 bits per heavy atom. The highest BCUT2D eigenvalue weighted by Gasteiger charge is 2.30. The number of benzene rings is 1. The third-order valence-corrected chi connectivity index (χ3v) is 2.42. The van der Waals surface area contributed by atoms with Crippen molar-refractivity contribution in [1.82, 2.24) is 4.98 Å². The molecule has 2 N–H and O–H groups in total. The molecule has 2 rings (SSSR count). The van der Waals surface area contributed by atoms with E-state index in [-0.39, 0.29) is 11.9 Å². The Bertz CT molecular complexity index is 642. The highest BCUT2D eigenvalue weighted by atomic mass is 19.4. The molecule has 0 fully saturated rings. The molecular formula is C13H10F3N3O. The maximum Gasteiger partial charge on any atom is 0.416 e. The number of aromatic nitrogens is 1. The number of halogens is 3. The fourth-order valence-corrected chi connectivity index (χ4v) is 1.43. The van der Waals surface area contributed by atoms with Crippen LogP contribution in [-0.2, 0) is 6.18 Å². The van der Waals surface area contributed by atoms with Crippen LogP contribution in [0.2, 0.25) is 0 Å². The lowest BCUT2D eigenvalue weighted by Crippen LogP contribution is -2.05. The van der Waals surface area contributed by atoms with Gasteiger partial charge in [-0.05, 0) is 18.2 Å². The molecule has 1 heterocycles. The van der Waals surface area contributed by atoms with Crippen molar-refractivity contribution in [3.63, 3.8) is 0 Å². The standard InChI is InChI=1S/C13H10F3N3O/c1-2-11(17)19-12-18-7-10(20-12)8-3-5-9(6-4-8)13(14,15)16/h2-7H,1H2,(H2,17,18,19). The van der Waals surface area contributed by atoms with Crippen LogP contribution in [0.3, 0.4) is 0 Å². The zero-order valence-electron chi connectivity index (χ0n) is 10.2. The van der Waals surface area contributed by atoms with Crippen LogP contribution in [0.1, 0.15) is 5.56 Å². The third-order valence-electron chi connectivity index (χ3n) is 2.42. The molecule has 0 aliphatic carbocycles. The Labute approximate surface area is 112 Å². The van der Waals surface area contributed by atoms with E-state index < -0.39 is 11.7 Å². The fraction of sp³-hybridized carbons (Fsp3) is 0.0769. The summed E-state index contributed by atoms with van der Waals surface area (Å²) in [5.74, 6) is 0.431. The van der Waals surface area contributed by atoms with Crippen LogP contribution in [-0.4, -0.2) is 10.8 Å². The van der Waals surface area contributed by atoms with E-state index in [0.717, 1.165) is 12.1 Å². The first-order valence-electron chi connectivity index (χ1n) is 5.50. The predicted octanol–water partition coefficient (Wildman–Crippen LogP) is 3.54. The van der Waals surface area contributed by atoms with Crippen molar-refractivity contribution in [2.45, 2.75) is 6.18 Å². The summed E-state index contributed by atoms with van der Waals surface area (Å²) in [5, 5.41) is 0. The normalized spacial score (nSPS) is 12.4. The van der Waals surface area contributed by atoms with E-state index in [1.165, 1.54) is 24.4 Å². The number of amidine groups is 1. The van der Waals surface area contributed by atoms with Gasteiger partial charge in [0, 0.05) is 5.56 Å². The van der Waals surface area contributed by atoms with E-state index in [0.29, 0.717) is 11.3 Å². The molecule has 2 aromatic rings. The highest BCUT2D eigenvalue weighted by Crippen LogP contribution is 2.31. The summed E-state index contributed by atoms with van der Waals surface area (Å²) in [7, 11) is 0. The first-order chi connectivity index (χ1) is 9.40. The second kappa shape index (κ2) is 5.20. The van der Waals surface area contributed by atoms with Gasteiger partial charge in [-0.25, -0.2) is 0 Å². The highest BCUT2D eigenvalue weighted by molar-refractivity contribution is 5.92. The van der Waals surface area contributed by atoms with Gasteiger partial charge >= 0.3 is 12.2 Å². The van der Waals surface area contributed by atoms with Crippen LogP contribution in [0.4, 0.5) is 19.2 Å². The number of rotatable bonds is 3. The number of hydrogen-bond acceptors (Lipinski definition) is 3. The van der Waals surface area contributed by atoms with Gasteiger partial charge in [-0.1, -0.05) is 18.7 Å². The van der Waals surface area contributed by atoms with E-state index >= 15 is 0 Å². The van der Waals surface area contributed by atoms with E-state index in [2.05, 4.69) is 16.6 Å². The van der Waals surface area contributed by atoms with Crippen LogP contribution < -0.4 is 5.73 Å². The molecule has 0 unspecified atom stereocenters. The molecule has 0 spiro atoms. The second-order valence-electron chi connectivity index (χ2n) is 3.82. The molecule has 0 amide bonds. The van der Waals surface area contributed by atoms with E-state index in [1.54, 1.807) is 0 Å². The van der Waals surface area contributed by atoms with E-state index in [4.69, 9.17) is 10.2 Å². The molecule has 0 aliphatic heterocycles. The lowest BCUT2D eigenvalue weighted by atomic mass is 10.1. The smallest absolute Gasteiger partial charge is 0.416 e. The molecule has 7 heteroatoms. The van der Waals surface area contributed by atoms with Gasteiger partial charge in [-0.15, -0.1) is 0 Å². The molecule has 20 heavy (non-hydrogen) atoms. The molecule has 104 valence electrons. The molecule has 1 aromatic heterocycles. The SMILES string of the molecule is C=CC(N)=Nc1ncc(-c2ccc(C(F)(F)F)cc2)o1. The van der Waals surface area contributed by atoms with Gasteiger partial charge in [0.1, 0.15) is 5.84 Å². The van der Waals surface area contributed by atoms with Crippen molar-refractivity contribution in [1.29, 1.82) is 0 Å². The van der Waals surface area contributed by atoms with Gasteiger partial charge in [0.25, 0.3) is 0 Å². The van der Waals surface area contributed by atoms with Gasteiger partial charge in [-0.2, -0.15) is 23.1 Å². The summed E-state index contributed by atoms with van der Waals surface area (Å²) in [6, 6.07) is 4.55. The third kappa shape index (κ3) is 3.05. The van der Waals surface area contributed by atoms with Gasteiger partial charge in [0.15, 0.2) is 5.76 Å². The summed E-state index contributed by atoms with van der Waals surface area (Å²) >= 11 is 0. The number of nitrogens with zero attached hydrogens (tertiary/aromatic N) is 2. The fourth-order valence-electron chi connectivity index (χ4n) is 1.43. The first kappa shape index (κ1) is 13.9. The zero-order valence-corrected chi connectivity index (χ0v) is 10.2. The number of nitrogens with two attached hydrogens (primary N) is 1. The summed E-state index contributed by atoms with van der Waals surface area (Å²) in [6.45, 7) is 3.42. The van der Waals surface area contributed by atoms with Gasteiger partial charge < -0.3 is 10.2 Å². The maximum absolute atomic E-state index is 12.4. The second-order valence-corrected chi connectivity index (χ2v) is 3.82. The zero-order chi connectivity index (χ0) is 14.8. The van der Waals surface area contributed by atoms with Crippen LogP contribution in [0.5, 0.6) is 0 Å². The number of aliphatic imine (C=N–C) groups is 1. The molecule has 0 saturated heterocycles. The van der Waals surface area contributed by atoms with Gasteiger partial charge in [0.05, 0.1) is 11.8 Å². The summed E-state index contributed by atoms with van der Waals surface area (Å²) in [4.78, 5) is 7.65. The Morgan fingerprint density at radius 3 is 2.50 bits per heavy atom. The minimum Gasteiger partial charge on any atom is -0.422 e. The van der Waals surface area contributed by atoms with Crippen LogP contribution in [0, 0.1) is 0 Å². The quantitative estimate of drug-likeness (QED) is 0.691. The van der Waals surface area contributed by atoms with E-state index in [9.17, 15) is 13.2 Å². The van der Waals surface area contributed by atoms with Crippen LogP contribution >= 0.6 is 0 Å². The first-order valence-corrected chi connectivity index (χ1v) is 5.50. The van der Waals surface area contributed by atoms with Crippen molar-refractivity contribution >= 4 is 11.9 Å². The monoisotopic (exact) mass is 281 g/mol. The Balaban J connectivity index is 2.27. The number of oxazole rings is 1. The van der Waals surface area contributed by atoms with Crippen LogP contribution in [0.25, 0.3) is 11.3 Å². The molecule has 1 aromatic carbocycles. The lowest BCUT2D eigenvalue weighted by molar-refractivity contribution is -0.137. The summed E-state index contributed by atoms with van der Waals surface area (Å²) in [6.07, 6.45) is -1.69. The molecular weight excluding hydrogens is 271 g/mol. The number of alkyl halides is 3. The topological polar surface area (TPSA) is 64.4 Å². The predicted molar refractivity (Wildman–Crippen MR) is 68.4 cm³/mol. The average molecular weight is 281 g/mol. The van der Waals surface area contributed by atoms with Crippen molar-refractivity contribution in [2.75, 3.05) is 0 Å². The Kier molecular flexibility index (Phi) is 3.60. The molecule has 0 atom stereocenters. The van der Waals surface area contributed by atoms with Crippen molar-refractivity contribution in [2.24, 2.45) is 10.7 Å². The van der Waals surface area contributed by atoms with Crippen molar-refractivity contribution in [3.8, 4) is 11.3 Å². The number of hydrogen-bond donors (Lipinski definition) is 1. The summed E-state index contributed by atoms with van der Waals surface area (Å²) in [5.41, 5.74) is 5.16. The lowest BCUT2D eigenvalue weighted by Gasteiger charge is -2.06.